The maximum atomic E-state index is 12.1. The number of rotatable bonds is 6. The van der Waals surface area contributed by atoms with E-state index >= 15 is 0 Å². The number of nitriles is 1. The summed E-state index contributed by atoms with van der Waals surface area (Å²) in [5.41, 5.74) is 2.51. The Kier molecular flexibility index (Phi) is 5.98. The Hall–Kier alpha value is -3.67. The number of carbonyl (C=O) groups is 2. The quantitative estimate of drug-likeness (QED) is 0.439. The molecule has 0 aliphatic heterocycles. The second-order valence-corrected chi connectivity index (χ2v) is 7.65. The molecule has 0 atom stereocenters. The van der Waals surface area contributed by atoms with Crippen LogP contribution in [0.2, 0.25) is 0 Å². The first-order valence-electron chi connectivity index (χ1n) is 10.2. The number of methoxy groups -OCH3 is 1. The van der Waals surface area contributed by atoms with Crippen LogP contribution in [0.5, 0.6) is 0 Å². The van der Waals surface area contributed by atoms with Crippen LogP contribution in [0.3, 0.4) is 0 Å². The summed E-state index contributed by atoms with van der Waals surface area (Å²) in [5.74, 6) is 0.993. The van der Waals surface area contributed by atoms with Gasteiger partial charge >= 0.3 is 12.6 Å². The van der Waals surface area contributed by atoms with Crippen molar-refractivity contribution in [2.45, 2.75) is 44.7 Å². The molecule has 0 bridgehead atoms. The van der Waals surface area contributed by atoms with Gasteiger partial charge < -0.3 is 14.1 Å². The molecule has 2 aromatic heterocycles. The molecule has 31 heavy (non-hydrogen) atoms. The van der Waals surface area contributed by atoms with Crippen molar-refractivity contribution in [2.75, 3.05) is 7.11 Å². The SMILES string of the molecule is COC(=O)N(Cc1nc2cnc3ccccc3c2n1C1CCC(CC#N)CC1)OC=O. The van der Waals surface area contributed by atoms with E-state index in [1.807, 2.05) is 24.3 Å². The fourth-order valence-corrected chi connectivity index (χ4v) is 4.44. The summed E-state index contributed by atoms with van der Waals surface area (Å²) < 4.78 is 6.88. The van der Waals surface area contributed by atoms with E-state index in [0.29, 0.717) is 23.7 Å². The van der Waals surface area contributed by atoms with Crippen LogP contribution in [0.25, 0.3) is 21.9 Å². The minimum absolute atomic E-state index is 0.0491. The normalized spacial score (nSPS) is 18.5. The maximum absolute atomic E-state index is 12.1. The molecule has 4 rings (SSSR count). The van der Waals surface area contributed by atoms with Gasteiger partial charge in [-0.1, -0.05) is 18.2 Å². The fraction of sp³-hybridized carbons (Fsp3) is 0.409. The number of para-hydroxylation sites is 1. The highest BCUT2D eigenvalue weighted by molar-refractivity contribution is 6.02. The van der Waals surface area contributed by atoms with Crippen molar-refractivity contribution in [2.24, 2.45) is 5.92 Å². The molecule has 9 nitrogen and oxygen atoms in total. The van der Waals surface area contributed by atoms with E-state index in [2.05, 4.69) is 15.6 Å². The number of amides is 1. The molecule has 1 aliphatic carbocycles. The van der Waals surface area contributed by atoms with Crippen molar-refractivity contribution in [1.29, 1.82) is 5.26 Å². The first-order chi connectivity index (χ1) is 15.2. The molecule has 1 aliphatic rings. The third-order valence-electron chi connectivity index (χ3n) is 5.89. The summed E-state index contributed by atoms with van der Waals surface area (Å²) in [6, 6.07) is 10.3. The Morgan fingerprint density at radius 1 is 1.29 bits per heavy atom. The summed E-state index contributed by atoms with van der Waals surface area (Å²) in [7, 11) is 1.22. The zero-order valence-corrected chi connectivity index (χ0v) is 17.2. The lowest BCUT2D eigenvalue weighted by Crippen LogP contribution is -2.32. The van der Waals surface area contributed by atoms with E-state index in [4.69, 9.17) is 19.8 Å². The minimum atomic E-state index is -0.786. The Balaban J connectivity index is 1.81. The van der Waals surface area contributed by atoms with Gasteiger partial charge in [-0.3, -0.25) is 9.78 Å². The lowest BCUT2D eigenvalue weighted by molar-refractivity contribution is -0.167. The summed E-state index contributed by atoms with van der Waals surface area (Å²) in [4.78, 5) is 37.1. The van der Waals surface area contributed by atoms with Crippen molar-refractivity contribution in [3.05, 3.63) is 36.3 Å². The van der Waals surface area contributed by atoms with Crippen LogP contribution in [0.1, 0.15) is 44.0 Å². The number of hydrogen-bond acceptors (Lipinski definition) is 7. The molecule has 0 saturated heterocycles. The van der Waals surface area contributed by atoms with Crippen molar-refractivity contribution in [3.63, 3.8) is 0 Å². The zero-order chi connectivity index (χ0) is 21.8. The molecule has 160 valence electrons. The molecule has 0 radical (unpaired) electrons. The van der Waals surface area contributed by atoms with Gasteiger partial charge in [0.15, 0.2) is 0 Å². The Morgan fingerprint density at radius 2 is 2.06 bits per heavy atom. The summed E-state index contributed by atoms with van der Waals surface area (Å²) in [5, 5.41) is 10.9. The predicted octanol–water partition coefficient (Wildman–Crippen LogP) is 3.89. The van der Waals surface area contributed by atoms with Gasteiger partial charge in [-0.2, -0.15) is 5.26 Å². The number of carbonyl (C=O) groups excluding carboxylic acids is 2. The number of fused-ring (bicyclic) bond motifs is 3. The molecule has 1 saturated carbocycles. The van der Waals surface area contributed by atoms with Crippen LogP contribution in [0.15, 0.2) is 30.5 Å². The van der Waals surface area contributed by atoms with Crippen LogP contribution < -0.4 is 0 Å². The molecular weight excluding hydrogens is 398 g/mol. The number of benzene rings is 1. The van der Waals surface area contributed by atoms with Gasteiger partial charge in [0.2, 0.25) is 0 Å². The summed E-state index contributed by atoms with van der Waals surface area (Å²) in [6.07, 6.45) is 5.20. The second-order valence-electron chi connectivity index (χ2n) is 7.65. The molecule has 1 aromatic carbocycles. The number of hydrogen-bond donors (Lipinski definition) is 0. The largest absolute Gasteiger partial charge is 0.451 e. The first-order valence-corrected chi connectivity index (χ1v) is 10.2. The number of imidazole rings is 1. The maximum Gasteiger partial charge on any atom is 0.443 e. The van der Waals surface area contributed by atoms with Crippen molar-refractivity contribution < 1.29 is 19.2 Å². The first kappa shape index (κ1) is 20.6. The van der Waals surface area contributed by atoms with Gasteiger partial charge in [0.25, 0.3) is 0 Å². The van der Waals surface area contributed by atoms with E-state index < -0.39 is 6.09 Å². The van der Waals surface area contributed by atoms with Crippen molar-refractivity contribution in [3.8, 4) is 6.07 Å². The number of pyridine rings is 1. The van der Waals surface area contributed by atoms with Crippen LogP contribution >= 0.6 is 0 Å². The molecule has 1 fully saturated rings. The molecule has 3 aromatic rings. The van der Waals surface area contributed by atoms with Gasteiger partial charge in [0.05, 0.1) is 30.4 Å². The number of hydroxylamine groups is 2. The average molecular weight is 421 g/mol. The van der Waals surface area contributed by atoms with Gasteiger partial charge in [-0.15, -0.1) is 5.06 Å². The number of nitrogens with zero attached hydrogens (tertiary/aromatic N) is 5. The molecular formula is C22H23N5O4. The minimum Gasteiger partial charge on any atom is -0.451 e. The monoisotopic (exact) mass is 421 g/mol. The highest BCUT2D eigenvalue weighted by Gasteiger charge is 2.28. The molecule has 0 unspecified atom stereocenters. The molecule has 9 heteroatoms. The lowest BCUT2D eigenvalue weighted by Gasteiger charge is -2.30. The van der Waals surface area contributed by atoms with Crippen LogP contribution in [0, 0.1) is 17.2 Å². The topological polar surface area (TPSA) is 110 Å². The van der Waals surface area contributed by atoms with E-state index in [1.54, 1.807) is 6.20 Å². The standard InChI is InChI=1S/C22H23N5O4/c1-30-22(29)26(31-14-28)13-20-25-19-12-24-18-5-3-2-4-17(18)21(19)27(20)16-8-6-15(7-9-16)10-11-23/h2-5,12,14-16H,6-10,13H2,1H3. The Bertz CT molecular complexity index is 1140. The average Bonchev–Trinajstić information content (AvgIpc) is 3.17. The molecule has 2 heterocycles. The van der Waals surface area contributed by atoms with Crippen molar-refractivity contribution >= 4 is 34.5 Å². The fourth-order valence-electron chi connectivity index (χ4n) is 4.44. The Morgan fingerprint density at radius 3 is 2.77 bits per heavy atom. The van der Waals surface area contributed by atoms with Gasteiger partial charge in [0, 0.05) is 17.8 Å². The smallest absolute Gasteiger partial charge is 0.443 e. The molecule has 0 spiro atoms. The lowest BCUT2D eigenvalue weighted by atomic mass is 9.84. The van der Waals surface area contributed by atoms with Crippen LogP contribution in [0.4, 0.5) is 4.79 Å². The van der Waals surface area contributed by atoms with Gasteiger partial charge in [0.1, 0.15) is 17.9 Å². The molecule has 0 N–H and O–H groups in total. The highest BCUT2D eigenvalue weighted by atomic mass is 16.7. The van der Waals surface area contributed by atoms with E-state index in [0.717, 1.165) is 47.2 Å². The third kappa shape index (κ3) is 4.01. The van der Waals surface area contributed by atoms with Gasteiger partial charge in [-0.05, 0) is 37.7 Å². The zero-order valence-electron chi connectivity index (χ0n) is 17.2. The number of ether oxygens (including phenoxy) is 1. The summed E-state index contributed by atoms with van der Waals surface area (Å²) >= 11 is 0. The Labute approximate surface area is 179 Å². The van der Waals surface area contributed by atoms with E-state index in [1.165, 1.54) is 7.11 Å². The predicted molar refractivity (Wildman–Crippen MR) is 111 cm³/mol. The van der Waals surface area contributed by atoms with E-state index in [-0.39, 0.29) is 19.1 Å². The third-order valence-corrected chi connectivity index (χ3v) is 5.89. The highest BCUT2D eigenvalue weighted by Crippen LogP contribution is 2.38. The van der Waals surface area contributed by atoms with Gasteiger partial charge in [-0.25, -0.2) is 9.78 Å². The van der Waals surface area contributed by atoms with Crippen LogP contribution in [-0.4, -0.2) is 39.3 Å². The second kappa shape index (κ2) is 9.00. The number of aromatic nitrogens is 3. The van der Waals surface area contributed by atoms with Crippen molar-refractivity contribution in [1.82, 2.24) is 19.6 Å². The summed E-state index contributed by atoms with van der Waals surface area (Å²) in [6.45, 7) is 0.139. The van der Waals surface area contributed by atoms with E-state index in [9.17, 15) is 9.59 Å². The van der Waals surface area contributed by atoms with Crippen LogP contribution in [-0.2, 0) is 20.9 Å². The molecule has 1 amide bonds.